The van der Waals surface area contributed by atoms with Crippen LogP contribution < -0.4 is 14.2 Å². The van der Waals surface area contributed by atoms with Crippen molar-refractivity contribution >= 4 is 11.5 Å². The monoisotopic (exact) mass is 357 g/mol. The lowest BCUT2D eigenvalue weighted by Crippen LogP contribution is -1.95. The first kappa shape index (κ1) is 17.1. The number of benzene rings is 2. The fourth-order valence-corrected chi connectivity index (χ4v) is 3.50. The number of hydrogen-bond acceptors (Lipinski definition) is 6. The van der Waals surface area contributed by atoms with Crippen molar-refractivity contribution in [1.29, 1.82) is 0 Å². The highest BCUT2D eigenvalue weighted by atomic mass is 32.1. The SMILES string of the molecule is COc1ccc(-c2csnc2-c2cc(C)c(OC)c(OC)c2)c(O)c1. The van der Waals surface area contributed by atoms with Gasteiger partial charge >= 0.3 is 0 Å². The Morgan fingerprint density at radius 2 is 1.76 bits per heavy atom. The van der Waals surface area contributed by atoms with Crippen LogP contribution in [-0.2, 0) is 0 Å². The van der Waals surface area contributed by atoms with Crippen LogP contribution in [-0.4, -0.2) is 30.8 Å². The second kappa shape index (κ2) is 7.03. The fraction of sp³-hybridized carbons (Fsp3) is 0.211. The molecule has 0 amide bonds. The molecule has 1 aromatic heterocycles. The summed E-state index contributed by atoms with van der Waals surface area (Å²) in [5.74, 6) is 2.11. The van der Waals surface area contributed by atoms with E-state index in [-0.39, 0.29) is 5.75 Å². The Morgan fingerprint density at radius 3 is 2.40 bits per heavy atom. The average Bonchev–Trinajstić information content (AvgIpc) is 3.10. The minimum Gasteiger partial charge on any atom is -0.507 e. The topological polar surface area (TPSA) is 60.8 Å². The third kappa shape index (κ3) is 3.13. The fourth-order valence-electron chi connectivity index (χ4n) is 2.79. The lowest BCUT2D eigenvalue weighted by Gasteiger charge is -2.13. The molecule has 0 saturated carbocycles. The lowest BCUT2D eigenvalue weighted by molar-refractivity contribution is 0.353. The first-order chi connectivity index (χ1) is 12.1. The lowest BCUT2D eigenvalue weighted by atomic mass is 9.99. The van der Waals surface area contributed by atoms with Gasteiger partial charge in [-0.1, -0.05) is 0 Å². The van der Waals surface area contributed by atoms with Gasteiger partial charge in [-0.15, -0.1) is 0 Å². The molecule has 0 atom stereocenters. The molecule has 0 saturated heterocycles. The number of phenolic OH excluding ortho intramolecular Hbond substituents is 1. The van der Waals surface area contributed by atoms with E-state index in [9.17, 15) is 5.11 Å². The van der Waals surface area contributed by atoms with Crippen LogP contribution in [0, 0.1) is 6.92 Å². The van der Waals surface area contributed by atoms with Crippen LogP contribution in [0.4, 0.5) is 0 Å². The summed E-state index contributed by atoms with van der Waals surface area (Å²) in [5, 5.41) is 12.3. The molecule has 130 valence electrons. The summed E-state index contributed by atoms with van der Waals surface area (Å²) < 4.78 is 20.5. The third-order valence-corrected chi connectivity index (χ3v) is 4.63. The zero-order valence-electron chi connectivity index (χ0n) is 14.5. The normalized spacial score (nSPS) is 10.6. The van der Waals surface area contributed by atoms with Crippen LogP contribution in [0.25, 0.3) is 22.4 Å². The molecule has 0 fully saturated rings. The average molecular weight is 357 g/mol. The van der Waals surface area contributed by atoms with Crippen molar-refractivity contribution in [3.8, 4) is 45.4 Å². The summed E-state index contributed by atoms with van der Waals surface area (Å²) in [6.45, 7) is 1.96. The first-order valence-electron chi connectivity index (χ1n) is 7.63. The van der Waals surface area contributed by atoms with Crippen LogP contribution in [0.1, 0.15) is 5.56 Å². The van der Waals surface area contributed by atoms with E-state index in [0.717, 1.165) is 22.4 Å². The van der Waals surface area contributed by atoms with E-state index in [1.807, 2.05) is 36.6 Å². The van der Waals surface area contributed by atoms with Gasteiger partial charge in [-0.25, -0.2) is 0 Å². The molecule has 2 aromatic carbocycles. The molecule has 0 bridgehead atoms. The molecule has 0 radical (unpaired) electrons. The maximum Gasteiger partial charge on any atom is 0.163 e. The molecule has 0 unspecified atom stereocenters. The molecule has 0 aliphatic rings. The molecular weight excluding hydrogens is 338 g/mol. The number of ether oxygens (including phenoxy) is 3. The molecule has 0 aliphatic heterocycles. The van der Waals surface area contributed by atoms with E-state index in [1.54, 1.807) is 27.4 Å². The third-order valence-electron chi connectivity index (χ3n) is 4.00. The van der Waals surface area contributed by atoms with Crippen molar-refractivity contribution in [1.82, 2.24) is 4.37 Å². The van der Waals surface area contributed by atoms with E-state index in [1.165, 1.54) is 11.5 Å². The molecule has 3 aromatic rings. The standard InChI is InChI=1S/C19H19NO4S/c1-11-7-12(8-17(23-3)19(11)24-4)18-15(10-25-20-18)14-6-5-13(22-2)9-16(14)21/h5-10,21H,1-4H3. The Hall–Kier alpha value is -2.73. The van der Waals surface area contributed by atoms with E-state index in [0.29, 0.717) is 22.8 Å². The van der Waals surface area contributed by atoms with E-state index in [4.69, 9.17) is 14.2 Å². The van der Waals surface area contributed by atoms with Crippen LogP contribution in [0.5, 0.6) is 23.0 Å². The molecule has 6 heteroatoms. The van der Waals surface area contributed by atoms with Crippen molar-refractivity contribution in [3.63, 3.8) is 0 Å². The number of nitrogens with zero attached hydrogens (tertiary/aromatic N) is 1. The Bertz CT molecular complexity index is 904. The second-order valence-corrected chi connectivity index (χ2v) is 6.12. The molecule has 3 rings (SSSR count). The van der Waals surface area contributed by atoms with Gasteiger partial charge in [-0.3, -0.25) is 0 Å². The maximum absolute atomic E-state index is 10.4. The second-order valence-electron chi connectivity index (χ2n) is 5.49. The number of rotatable bonds is 5. The Balaban J connectivity index is 2.13. The quantitative estimate of drug-likeness (QED) is 0.728. The molecule has 5 nitrogen and oxygen atoms in total. The zero-order chi connectivity index (χ0) is 18.0. The van der Waals surface area contributed by atoms with E-state index < -0.39 is 0 Å². The van der Waals surface area contributed by atoms with Crippen LogP contribution in [0.3, 0.4) is 0 Å². The highest BCUT2D eigenvalue weighted by Gasteiger charge is 2.17. The van der Waals surface area contributed by atoms with Gasteiger partial charge in [0.05, 0.1) is 27.0 Å². The van der Waals surface area contributed by atoms with E-state index >= 15 is 0 Å². The van der Waals surface area contributed by atoms with Gasteiger partial charge in [0.25, 0.3) is 0 Å². The number of aromatic hydroxyl groups is 1. The molecule has 0 spiro atoms. The number of aromatic nitrogens is 1. The minimum atomic E-state index is 0.151. The van der Waals surface area contributed by atoms with Gasteiger partial charge in [-0.2, -0.15) is 4.37 Å². The van der Waals surface area contributed by atoms with Crippen LogP contribution in [0.15, 0.2) is 35.7 Å². The van der Waals surface area contributed by atoms with Gasteiger partial charge in [0.15, 0.2) is 11.5 Å². The molecule has 0 aliphatic carbocycles. The van der Waals surface area contributed by atoms with Gasteiger partial charge in [0.1, 0.15) is 11.5 Å². The highest BCUT2D eigenvalue weighted by Crippen LogP contribution is 2.42. The Morgan fingerprint density at radius 1 is 0.960 bits per heavy atom. The first-order valence-corrected chi connectivity index (χ1v) is 8.47. The summed E-state index contributed by atoms with van der Waals surface area (Å²) in [5.41, 5.74) is 4.21. The zero-order valence-corrected chi connectivity index (χ0v) is 15.3. The summed E-state index contributed by atoms with van der Waals surface area (Å²) in [6.07, 6.45) is 0. The van der Waals surface area contributed by atoms with Gasteiger partial charge in [0, 0.05) is 28.1 Å². The summed E-state index contributed by atoms with van der Waals surface area (Å²) in [4.78, 5) is 0. The number of methoxy groups -OCH3 is 3. The summed E-state index contributed by atoms with van der Waals surface area (Å²) in [6, 6.07) is 9.13. The van der Waals surface area contributed by atoms with Crippen LogP contribution in [0.2, 0.25) is 0 Å². The molecule has 25 heavy (non-hydrogen) atoms. The van der Waals surface area contributed by atoms with Gasteiger partial charge in [-0.05, 0) is 48.3 Å². The molecular formula is C19H19NO4S. The molecule has 1 heterocycles. The predicted octanol–water partition coefficient (Wildman–Crippen LogP) is 4.52. The number of aryl methyl sites for hydroxylation is 1. The van der Waals surface area contributed by atoms with Gasteiger partial charge < -0.3 is 19.3 Å². The number of phenols is 1. The van der Waals surface area contributed by atoms with Crippen molar-refractivity contribution < 1.29 is 19.3 Å². The predicted molar refractivity (Wildman–Crippen MR) is 99.0 cm³/mol. The van der Waals surface area contributed by atoms with Crippen LogP contribution >= 0.6 is 11.5 Å². The Kier molecular flexibility index (Phi) is 4.81. The van der Waals surface area contributed by atoms with E-state index in [2.05, 4.69) is 4.37 Å². The summed E-state index contributed by atoms with van der Waals surface area (Å²) >= 11 is 1.34. The van der Waals surface area contributed by atoms with Crippen molar-refractivity contribution in [2.24, 2.45) is 0 Å². The maximum atomic E-state index is 10.4. The smallest absolute Gasteiger partial charge is 0.163 e. The highest BCUT2D eigenvalue weighted by molar-refractivity contribution is 7.04. The van der Waals surface area contributed by atoms with Gasteiger partial charge in [0.2, 0.25) is 0 Å². The number of hydrogen-bond donors (Lipinski definition) is 1. The largest absolute Gasteiger partial charge is 0.507 e. The van der Waals surface area contributed by atoms with Crippen molar-refractivity contribution in [2.75, 3.05) is 21.3 Å². The molecule has 1 N–H and O–H groups in total. The summed E-state index contributed by atoms with van der Waals surface area (Å²) in [7, 11) is 4.80. The Labute approximate surface area is 150 Å². The van der Waals surface area contributed by atoms with Crippen molar-refractivity contribution in [2.45, 2.75) is 6.92 Å². The minimum absolute atomic E-state index is 0.151. The van der Waals surface area contributed by atoms with Crippen molar-refractivity contribution in [3.05, 3.63) is 41.3 Å².